The molecule has 2 N–H and O–H groups in total. The Morgan fingerprint density at radius 3 is 2.56 bits per heavy atom. The number of amides is 1. The number of ether oxygens (including phenoxy) is 1. The van der Waals surface area contributed by atoms with Crippen molar-refractivity contribution in [3.8, 4) is 0 Å². The number of methoxy groups -OCH3 is 1. The lowest BCUT2D eigenvalue weighted by Gasteiger charge is -2.23. The van der Waals surface area contributed by atoms with Crippen molar-refractivity contribution >= 4 is 35.1 Å². The van der Waals surface area contributed by atoms with E-state index in [9.17, 15) is 9.59 Å². The molecule has 3 rings (SSSR count). The Labute approximate surface area is 166 Å². The Bertz CT molecular complexity index is 775. The molecule has 6 heteroatoms. The predicted molar refractivity (Wildman–Crippen MR) is 109 cm³/mol. The number of rotatable bonds is 6. The Kier molecular flexibility index (Phi) is 8.07. The molecule has 0 radical (unpaired) electrons. The van der Waals surface area contributed by atoms with E-state index in [0.717, 1.165) is 36.9 Å². The molecule has 1 unspecified atom stereocenters. The lowest BCUT2D eigenvalue weighted by Crippen LogP contribution is -2.41. The van der Waals surface area contributed by atoms with Gasteiger partial charge in [0.15, 0.2) is 0 Å². The highest BCUT2D eigenvalue weighted by Gasteiger charge is 2.24. The first kappa shape index (κ1) is 21.2. The number of hydrogen-bond donors (Lipinski definition) is 2. The van der Waals surface area contributed by atoms with Crippen LogP contribution in [-0.4, -0.2) is 38.6 Å². The standard InChI is InChI=1S/C21H26N2O3.ClH/c1-26-21(25)19(14-23-20(24)17-8-10-22-11-9-17)13-15-6-7-16-4-2-3-5-18(16)12-15;/h2-7,12,17,19,22H,8-11,13-14H2,1H3,(H,23,24);1H. The summed E-state index contributed by atoms with van der Waals surface area (Å²) in [6.45, 7) is 2.05. The lowest BCUT2D eigenvalue weighted by molar-refractivity contribution is -0.145. The van der Waals surface area contributed by atoms with Crippen molar-refractivity contribution in [1.82, 2.24) is 10.6 Å². The molecule has 146 valence electrons. The number of carbonyl (C=O) groups excluding carboxylic acids is 2. The number of hydrogen-bond acceptors (Lipinski definition) is 4. The molecule has 0 spiro atoms. The van der Waals surface area contributed by atoms with E-state index in [0.29, 0.717) is 13.0 Å². The summed E-state index contributed by atoms with van der Waals surface area (Å²) in [6.07, 6.45) is 2.24. The average Bonchev–Trinajstić information content (AvgIpc) is 2.70. The topological polar surface area (TPSA) is 67.4 Å². The molecule has 2 aromatic carbocycles. The van der Waals surface area contributed by atoms with Crippen molar-refractivity contribution in [2.24, 2.45) is 11.8 Å². The second-order valence-corrected chi connectivity index (χ2v) is 6.88. The second kappa shape index (κ2) is 10.3. The zero-order valence-electron chi connectivity index (χ0n) is 15.6. The molecule has 2 aromatic rings. The van der Waals surface area contributed by atoms with E-state index in [1.807, 2.05) is 18.2 Å². The third-order valence-electron chi connectivity index (χ3n) is 5.06. The summed E-state index contributed by atoms with van der Waals surface area (Å²) in [7, 11) is 1.39. The van der Waals surface area contributed by atoms with Crippen molar-refractivity contribution in [2.45, 2.75) is 19.3 Å². The van der Waals surface area contributed by atoms with Gasteiger partial charge in [0.25, 0.3) is 0 Å². The number of carbonyl (C=O) groups is 2. The quantitative estimate of drug-likeness (QED) is 0.744. The van der Waals surface area contributed by atoms with E-state index < -0.39 is 0 Å². The average molecular weight is 391 g/mol. The van der Waals surface area contributed by atoms with Gasteiger partial charge in [0.1, 0.15) is 0 Å². The van der Waals surface area contributed by atoms with E-state index in [-0.39, 0.29) is 36.1 Å². The summed E-state index contributed by atoms with van der Waals surface area (Å²) in [5.74, 6) is -0.593. The Hall–Kier alpha value is -2.11. The fourth-order valence-electron chi connectivity index (χ4n) is 3.51. The molecule has 1 aliphatic rings. The van der Waals surface area contributed by atoms with Gasteiger partial charge in [-0.3, -0.25) is 9.59 Å². The summed E-state index contributed by atoms with van der Waals surface area (Å²) in [4.78, 5) is 24.5. The van der Waals surface area contributed by atoms with Gasteiger partial charge in [-0.05, 0) is 48.7 Å². The van der Waals surface area contributed by atoms with Gasteiger partial charge in [-0.1, -0.05) is 42.5 Å². The molecule has 1 fully saturated rings. The van der Waals surface area contributed by atoms with Crippen LogP contribution < -0.4 is 10.6 Å². The number of fused-ring (bicyclic) bond motifs is 1. The molecular formula is C21H27ClN2O3. The molecule has 1 aliphatic heterocycles. The third kappa shape index (κ3) is 5.68. The molecule has 1 atom stereocenters. The minimum Gasteiger partial charge on any atom is -0.469 e. The molecule has 1 amide bonds. The molecule has 27 heavy (non-hydrogen) atoms. The fraction of sp³-hybridized carbons (Fsp3) is 0.429. The number of piperidine rings is 1. The Balaban J connectivity index is 0.00000261. The van der Waals surface area contributed by atoms with Crippen LogP contribution in [0.4, 0.5) is 0 Å². The van der Waals surface area contributed by atoms with E-state index in [4.69, 9.17) is 4.74 Å². The monoisotopic (exact) mass is 390 g/mol. The minimum atomic E-state index is -0.383. The first-order valence-corrected chi connectivity index (χ1v) is 9.21. The summed E-state index contributed by atoms with van der Waals surface area (Å²) in [5, 5.41) is 8.53. The van der Waals surface area contributed by atoms with E-state index in [2.05, 4.69) is 34.9 Å². The summed E-state index contributed by atoms with van der Waals surface area (Å²) in [5.41, 5.74) is 1.07. The van der Waals surface area contributed by atoms with Crippen LogP contribution in [0.3, 0.4) is 0 Å². The molecular weight excluding hydrogens is 364 g/mol. The third-order valence-corrected chi connectivity index (χ3v) is 5.06. The predicted octanol–water partition coefficient (Wildman–Crippen LogP) is 2.71. The van der Waals surface area contributed by atoms with Crippen LogP contribution in [0, 0.1) is 11.8 Å². The summed E-state index contributed by atoms with van der Waals surface area (Å²) >= 11 is 0. The highest BCUT2D eigenvalue weighted by atomic mass is 35.5. The molecule has 1 heterocycles. The zero-order chi connectivity index (χ0) is 18.4. The van der Waals surface area contributed by atoms with Crippen molar-refractivity contribution < 1.29 is 14.3 Å². The van der Waals surface area contributed by atoms with Gasteiger partial charge >= 0.3 is 5.97 Å². The van der Waals surface area contributed by atoms with E-state index >= 15 is 0 Å². The van der Waals surface area contributed by atoms with Gasteiger partial charge in [0.05, 0.1) is 13.0 Å². The zero-order valence-corrected chi connectivity index (χ0v) is 16.4. The first-order chi connectivity index (χ1) is 12.7. The maximum atomic E-state index is 12.3. The second-order valence-electron chi connectivity index (χ2n) is 6.88. The largest absolute Gasteiger partial charge is 0.469 e. The molecule has 0 aliphatic carbocycles. The van der Waals surface area contributed by atoms with Crippen LogP contribution in [0.2, 0.25) is 0 Å². The lowest BCUT2D eigenvalue weighted by atomic mass is 9.95. The Morgan fingerprint density at radius 1 is 1.15 bits per heavy atom. The van der Waals surface area contributed by atoms with Gasteiger partial charge < -0.3 is 15.4 Å². The molecule has 1 saturated heterocycles. The first-order valence-electron chi connectivity index (χ1n) is 9.21. The molecule has 0 saturated carbocycles. The van der Waals surface area contributed by atoms with Crippen molar-refractivity contribution in [3.05, 3.63) is 48.0 Å². The minimum absolute atomic E-state index is 0. The maximum absolute atomic E-state index is 12.3. The number of esters is 1. The number of halogens is 1. The smallest absolute Gasteiger partial charge is 0.310 e. The number of benzene rings is 2. The van der Waals surface area contributed by atoms with E-state index in [1.165, 1.54) is 12.5 Å². The maximum Gasteiger partial charge on any atom is 0.310 e. The summed E-state index contributed by atoms with van der Waals surface area (Å²) < 4.78 is 4.95. The van der Waals surface area contributed by atoms with Crippen LogP contribution in [0.15, 0.2) is 42.5 Å². The molecule has 5 nitrogen and oxygen atoms in total. The van der Waals surface area contributed by atoms with Crippen LogP contribution in [-0.2, 0) is 20.7 Å². The van der Waals surface area contributed by atoms with Crippen LogP contribution in [0.25, 0.3) is 10.8 Å². The van der Waals surface area contributed by atoms with Crippen LogP contribution in [0.1, 0.15) is 18.4 Å². The van der Waals surface area contributed by atoms with Gasteiger partial charge in [-0.15, -0.1) is 12.4 Å². The highest BCUT2D eigenvalue weighted by molar-refractivity contribution is 5.85. The van der Waals surface area contributed by atoms with Crippen molar-refractivity contribution in [2.75, 3.05) is 26.7 Å². The molecule has 0 bridgehead atoms. The van der Waals surface area contributed by atoms with Gasteiger partial charge in [0, 0.05) is 12.5 Å². The van der Waals surface area contributed by atoms with Gasteiger partial charge in [-0.25, -0.2) is 0 Å². The SMILES string of the molecule is COC(=O)C(CNC(=O)C1CCNCC1)Cc1ccc2ccccc2c1.Cl. The van der Waals surface area contributed by atoms with Crippen LogP contribution >= 0.6 is 12.4 Å². The summed E-state index contributed by atoms with van der Waals surface area (Å²) in [6, 6.07) is 14.3. The highest BCUT2D eigenvalue weighted by Crippen LogP contribution is 2.19. The number of nitrogens with one attached hydrogen (secondary N) is 2. The van der Waals surface area contributed by atoms with Crippen molar-refractivity contribution in [1.29, 1.82) is 0 Å². The fourth-order valence-corrected chi connectivity index (χ4v) is 3.51. The van der Waals surface area contributed by atoms with E-state index in [1.54, 1.807) is 0 Å². The molecule has 0 aromatic heterocycles. The van der Waals surface area contributed by atoms with Crippen LogP contribution in [0.5, 0.6) is 0 Å². The van der Waals surface area contributed by atoms with Gasteiger partial charge in [0.2, 0.25) is 5.91 Å². The van der Waals surface area contributed by atoms with Crippen molar-refractivity contribution in [3.63, 3.8) is 0 Å². The van der Waals surface area contributed by atoms with Gasteiger partial charge in [-0.2, -0.15) is 0 Å². The normalized spacial score (nSPS) is 15.6. The Morgan fingerprint density at radius 2 is 1.85 bits per heavy atom.